The van der Waals surface area contributed by atoms with E-state index in [-0.39, 0.29) is 11.6 Å². The lowest BCUT2D eigenvalue weighted by molar-refractivity contribution is -0.0375. The van der Waals surface area contributed by atoms with Crippen LogP contribution in [-0.4, -0.2) is 63.0 Å². The van der Waals surface area contributed by atoms with Crippen LogP contribution in [0.3, 0.4) is 0 Å². The Morgan fingerprint density at radius 2 is 1.95 bits per heavy atom. The fourth-order valence-electron chi connectivity index (χ4n) is 2.06. The van der Waals surface area contributed by atoms with Gasteiger partial charge in [0.15, 0.2) is 0 Å². The van der Waals surface area contributed by atoms with Crippen LogP contribution in [0.4, 0.5) is 0 Å². The Hall–Kier alpha value is -0.160. The highest BCUT2D eigenvalue weighted by atomic mass is 16.5. The van der Waals surface area contributed by atoms with E-state index in [0.717, 1.165) is 39.1 Å². The molecule has 114 valence electrons. The first kappa shape index (κ1) is 16.9. The van der Waals surface area contributed by atoms with Crippen molar-refractivity contribution < 1.29 is 9.47 Å². The van der Waals surface area contributed by atoms with Gasteiger partial charge in [0.1, 0.15) is 0 Å². The zero-order valence-corrected chi connectivity index (χ0v) is 13.4. The van der Waals surface area contributed by atoms with Crippen molar-refractivity contribution in [2.24, 2.45) is 0 Å². The first-order valence-electron chi connectivity index (χ1n) is 7.57. The lowest BCUT2D eigenvalue weighted by Crippen LogP contribution is -2.43. The molecule has 1 heterocycles. The normalized spacial score (nSPS) is 24.3. The van der Waals surface area contributed by atoms with Crippen LogP contribution in [0.2, 0.25) is 0 Å². The summed E-state index contributed by atoms with van der Waals surface area (Å²) in [6, 6.07) is 0. The molecule has 4 heteroatoms. The molecule has 1 fully saturated rings. The van der Waals surface area contributed by atoms with Crippen molar-refractivity contribution in [2.75, 3.05) is 40.4 Å². The van der Waals surface area contributed by atoms with Crippen molar-refractivity contribution >= 4 is 0 Å². The summed E-state index contributed by atoms with van der Waals surface area (Å²) in [5, 5.41) is 3.42. The van der Waals surface area contributed by atoms with Crippen LogP contribution in [0.15, 0.2) is 0 Å². The van der Waals surface area contributed by atoms with Crippen LogP contribution in [-0.2, 0) is 9.47 Å². The second-order valence-electron chi connectivity index (χ2n) is 6.38. The predicted molar refractivity (Wildman–Crippen MR) is 79.6 cm³/mol. The Labute approximate surface area is 118 Å². The molecular formula is C15H32N2O2. The summed E-state index contributed by atoms with van der Waals surface area (Å²) < 4.78 is 11.8. The Kier molecular flexibility index (Phi) is 7.29. The van der Waals surface area contributed by atoms with Crippen LogP contribution in [0.5, 0.6) is 0 Å². The van der Waals surface area contributed by atoms with E-state index < -0.39 is 0 Å². The fourth-order valence-corrected chi connectivity index (χ4v) is 2.06. The maximum atomic E-state index is 5.98. The number of likely N-dealkylation sites (N-methyl/N-ethyl adjacent to an activating group) is 1. The molecule has 2 atom stereocenters. The maximum absolute atomic E-state index is 5.98. The van der Waals surface area contributed by atoms with Crippen LogP contribution >= 0.6 is 0 Å². The monoisotopic (exact) mass is 272 g/mol. The molecule has 0 saturated carbocycles. The Morgan fingerprint density at radius 1 is 1.26 bits per heavy atom. The molecule has 0 spiro atoms. The molecule has 0 aromatic heterocycles. The largest absolute Gasteiger partial charge is 0.377 e. The summed E-state index contributed by atoms with van der Waals surface area (Å²) in [4.78, 5) is 2.19. The van der Waals surface area contributed by atoms with Gasteiger partial charge in [-0.25, -0.2) is 0 Å². The Bertz CT molecular complexity index is 244. The van der Waals surface area contributed by atoms with Crippen molar-refractivity contribution in [3.05, 3.63) is 0 Å². The summed E-state index contributed by atoms with van der Waals surface area (Å²) in [6.45, 7) is 10.1. The summed E-state index contributed by atoms with van der Waals surface area (Å²) in [7, 11) is 4.18. The topological polar surface area (TPSA) is 33.7 Å². The third-order valence-corrected chi connectivity index (χ3v) is 3.96. The molecule has 1 rings (SSSR count). The third kappa shape index (κ3) is 6.21. The molecule has 0 aromatic carbocycles. The predicted octanol–water partition coefficient (Wildman–Crippen LogP) is 1.89. The molecule has 0 bridgehead atoms. The molecular weight excluding hydrogens is 240 g/mol. The molecule has 1 aliphatic heterocycles. The number of nitrogens with zero attached hydrogens (tertiary/aromatic N) is 1. The molecule has 1 aliphatic rings. The first-order chi connectivity index (χ1) is 8.95. The minimum absolute atomic E-state index is 0.0840. The van der Waals surface area contributed by atoms with Gasteiger partial charge in [0.25, 0.3) is 0 Å². The summed E-state index contributed by atoms with van der Waals surface area (Å²) in [6.07, 6.45) is 4.12. The summed E-state index contributed by atoms with van der Waals surface area (Å²) in [5.74, 6) is 0. The average molecular weight is 272 g/mol. The summed E-state index contributed by atoms with van der Waals surface area (Å²) in [5.41, 5.74) is 0.0840. The number of ether oxygens (including phenoxy) is 2. The van der Waals surface area contributed by atoms with E-state index in [4.69, 9.17) is 9.47 Å². The lowest BCUT2D eigenvalue weighted by atomic mass is 10.1. The van der Waals surface area contributed by atoms with Gasteiger partial charge < -0.3 is 19.7 Å². The summed E-state index contributed by atoms with van der Waals surface area (Å²) >= 11 is 0. The molecule has 4 nitrogen and oxygen atoms in total. The van der Waals surface area contributed by atoms with Crippen LogP contribution in [0, 0.1) is 0 Å². The van der Waals surface area contributed by atoms with Crippen molar-refractivity contribution in [3.8, 4) is 0 Å². The van der Waals surface area contributed by atoms with Crippen LogP contribution in [0.1, 0.15) is 40.0 Å². The van der Waals surface area contributed by atoms with Gasteiger partial charge in [0, 0.05) is 12.1 Å². The van der Waals surface area contributed by atoms with Gasteiger partial charge in [-0.3, -0.25) is 0 Å². The molecule has 1 saturated heterocycles. The van der Waals surface area contributed by atoms with Gasteiger partial charge in [-0.2, -0.15) is 0 Å². The van der Waals surface area contributed by atoms with E-state index in [1.165, 1.54) is 6.42 Å². The highest BCUT2D eigenvalue weighted by Gasteiger charge is 2.26. The number of hydrogen-bond acceptors (Lipinski definition) is 4. The van der Waals surface area contributed by atoms with Crippen molar-refractivity contribution in [3.63, 3.8) is 0 Å². The van der Waals surface area contributed by atoms with E-state index in [9.17, 15) is 0 Å². The first-order valence-corrected chi connectivity index (χ1v) is 7.57. The molecule has 19 heavy (non-hydrogen) atoms. The van der Waals surface area contributed by atoms with Crippen LogP contribution < -0.4 is 5.32 Å². The quantitative estimate of drug-likeness (QED) is 0.650. The van der Waals surface area contributed by atoms with Crippen LogP contribution in [0.25, 0.3) is 0 Å². The minimum Gasteiger partial charge on any atom is -0.377 e. The van der Waals surface area contributed by atoms with Gasteiger partial charge in [0.2, 0.25) is 0 Å². The second-order valence-corrected chi connectivity index (χ2v) is 6.38. The van der Waals surface area contributed by atoms with Gasteiger partial charge >= 0.3 is 0 Å². The maximum Gasteiger partial charge on any atom is 0.0813 e. The zero-order valence-electron chi connectivity index (χ0n) is 13.4. The van der Waals surface area contributed by atoms with Gasteiger partial charge in [0.05, 0.1) is 25.4 Å². The lowest BCUT2D eigenvalue weighted by Gasteiger charge is -2.32. The van der Waals surface area contributed by atoms with Crippen molar-refractivity contribution in [2.45, 2.75) is 57.8 Å². The van der Waals surface area contributed by atoms with E-state index >= 15 is 0 Å². The van der Waals surface area contributed by atoms with E-state index in [1.54, 1.807) is 0 Å². The highest BCUT2D eigenvalue weighted by molar-refractivity contribution is 4.78. The minimum atomic E-state index is 0.0840. The molecule has 0 radical (unpaired) electrons. The molecule has 0 aliphatic carbocycles. The number of rotatable bonds is 9. The van der Waals surface area contributed by atoms with Gasteiger partial charge in [-0.05, 0) is 53.8 Å². The highest BCUT2D eigenvalue weighted by Crippen LogP contribution is 2.20. The molecule has 2 unspecified atom stereocenters. The molecule has 1 N–H and O–H groups in total. The Morgan fingerprint density at radius 3 is 2.58 bits per heavy atom. The van der Waals surface area contributed by atoms with E-state index in [0.29, 0.717) is 6.10 Å². The fraction of sp³-hybridized carbons (Fsp3) is 1.00. The molecule has 0 amide bonds. The average Bonchev–Trinajstić information content (AvgIpc) is 2.77. The number of hydrogen-bond donors (Lipinski definition) is 1. The van der Waals surface area contributed by atoms with Crippen molar-refractivity contribution in [1.29, 1.82) is 0 Å². The van der Waals surface area contributed by atoms with E-state index in [1.807, 2.05) is 0 Å². The smallest absolute Gasteiger partial charge is 0.0813 e. The zero-order chi connectivity index (χ0) is 14.3. The standard InChI is InChI=1S/C15H32N2O2/c1-6-9-16-10-13-7-8-14(19-13)11-18-12-15(2,3)17(4)5/h13-14,16H,6-12H2,1-5H3. The van der Waals surface area contributed by atoms with Gasteiger partial charge in [-0.1, -0.05) is 6.92 Å². The van der Waals surface area contributed by atoms with E-state index in [2.05, 4.69) is 45.1 Å². The number of nitrogens with one attached hydrogen (secondary N) is 1. The third-order valence-electron chi connectivity index (χ3n) is 3.96. The SMILES string of the molecule is CCCNCC1CCC(COCC(C)(C)N(C)C)O1. The Balaban J connectivity index is 2.12. The second kappa shape index (κ2) is 8.20. The molecule has 0 aromatic rings. The van der Waals surface area contributed by atoms with Crippen molar-refractivity contribution in [1.82, 2.24) is 10.2 Å². The van der Waals surface area contributed by atoms with Gasteiger partial charge in [-0.15, -0.1) is 0 Å².